The van der Waals surface area contributed by atoms with Crippen LogP contribution in [0.15, 0.2) is 60.0 Å². The number of nitrogens with one attached hydrogen (secondary N) is 1. The Balaban J connectivity index is 1.34. The van der Waals surface area contributed by atoms with Gasteiger partial charge in [0.15, 0.2) is 0 Å². The molecule has 9 heteroatoms. The fraction of sp³-hybridized carbons (Fsp3) is 0.208. The molecule has 0 aliphatic carbocycles. The van der Waals surface area contributed by atoms with E-state index in [1.54, 1.807) is 18.4 Å². The molecule has 2 aromatic carbocycles. The summed E-state index contributed by atoms with van der Waals surface area (Å²) >= 11 is 1.57. The molecule has 5 rings (SSSR count). The zero-order valence-electron chi connectivity index (χ0n) is 18.2. The van der Waals surface area contributed by atoms with E-state index in [0.717, 1.165) is 38.6 Å². The molecule has 8 nitrogen and oxygen atoms in total. The largest absolute Gasteiger partial charge is 0.497 e. The number of aromatic nitrogens is 2. The molecule has 1 aliphatic rings. The Morgan fingerprint density at radius 1 is 1.03 bits per heavy atom. The van der Waals surface area contributed by atoms with Gasteiger partial charge in [-0.2, -0.15) is 4.98 Å². The van der Waals surface area contributed by atoms with Crippen molar-refractivity contribution in [2.45, 2.75) is 0 Å². The Kier molecular flexibility index (Phi) is 5.70. The first-order chi connectivity index (χ1) is 16.1. The summed E-state index contributed by atoms with van der Waals surface area (Å²) in [5, 5.41) is 6.07. The first kappa shape index (κ1) is 21.0. The number of thiophene rings is 1. The number of carbonyl (C=O) groups excluding carboxylic acids is 1. The highest BCUT2D eigenvalue weighted by molar-refractivity contribution is 7.17. The molecule has 3 N–H and O–H groups in total. The Bertz CT molecular complexity index is 1270. The molecule has 1 fully saturated rings. The van der Waals surface area contributed by atoms with Crippen LogP contribution in [0.1, 0.15) is 0 Å². The molecule has 0 radical (unpaired) electrons. The van der Waals surface area contributed by atoms with E-state index in [1.165, 1.54) is 0 Å². The zero-order valence-corrected chi connectivity index (χ0v) is 19.0. The van der Waals surface area contributed by atoms with Crippen molar-refractivity contribution in [2.75, 3.05) is 49.2 Å². The third-order valence-electron chi connectivity index (χ3n) is 5.72. The van der Waals surface area contributed by atoms with Gasteiger partial charge >= 0.3 is 6.03 Å². The minimum Gasteiger partial charge on any atom is -0.497 e. The monoisotopic (exact) mass is 460 g/mol. The molecule has 2 aromatic heterocycles. The van der Waals surface area contributed by atoms with Crippen molar-refractivity contribution in [1.82, 2.24) is 14.9 Å². The Morgan fingerprint density at radius 3 is 2.45 bits per heavy atom. The van der Waals surface area contributed by atoms with Gasteiger partial charge in [-0.15, -0.1) is 11.3 Å². The van der Waals surface area contributed by atoms with Crippen molar-refractivity contribution < 1.29 is 9.53 Å². The Morgan fingerprint density at radius 2 is 1.76 bits per heavy atom. The maximum absolute atomic E-state index is 12.8. The van der Waals surface area contributed by atoms with E-state index in [1.807, 2.05) is 47.4 Å². The number of carbonyl (C=O) groups is 1. The minimum absolute atomic E-state index is 0.118. The third-order valence-corrected chi connectivity index (χ3v) is 6.60. The molecule has 0 saturated carbocycles. The predicted molar refractivity (Wildman–Crippen MR) is 133 cm³/mol. The summed E-state index contributed by atoms with van der Waals surface area (Å²) in [6, 6.07) is 17.4. The highest BCUT2D eigenvalue weighted by atomic mass is 32.1. The second-order valence-corrected chi connectivity index (χ2v) is 8.59. The molecule has 168 valence electrons. The number of nitrogen functional groups attached to an aromatic ring is 1. The number of urea groups is 1. The first-order valence-electron chi connectivity index (χ1n) is 10.7. The zero-order chi connectivity index (χ0) is 22.8. The summed E-state index contributed by atoms with van der Waals surface area (Å²) in [4.78, 5) is 26.7. The standard InChI is InChI=1S/C24H24N6O2S/c1-32-18-9-7-17(8-10-18)26-24(31)30-13-11-29(12-14-30)21-20-19(16-5-3-2-4-6-16)15-33-22(20)28-23(25)27-21/h2-10,15H,11-14H2,1H3,(H,26,31)(H2,25,27,28). The van der Waals surface area contributed by atoms with E-state index in [9.17, 15) is 4.79 Å². The predicted octanol–water partition coefficient (Wildman–Crippen LogP) is 4.30. The van der Waals surface area contributed by atoms with Crippen LogP contribution in [0.3, 0.4) is 0 Å². The third kappa shape index (κ3) is 4.27. The molecule has 1 aliphatic heterocycles. The molecule has 2 amide bonds. The molecule has 0 bridgehead atoms. The van der Waals surface area contributed by atoms with Crippen LogP contribution in [0.2, 0.25) is 0 Å². The number of anilines is 3. The lowest BCUT2D eigenvalue weighted by molar-refractivity contribution is 0.208. The van der Waals surface area contributed by atoms with Crippen LogP contribution in [-0.4, -0.2) is 54.2 Å². The van der Waals surface area contributed by atoms with Crippen LogP contribution in [0.4, 0.5) is 22.2 Å². The van der Waals surface area contributed by atoms with Crippen LogP contribution in [0.25, 0.3) is 21.3 Å². The van der Waals surface area contributed by atoms with E-state index >= 15 is 0 Å². The number of piperazine rings is 1. The lowest BCUT2D eigenvalue weighted by Gasteiger charge is -2.35. The number of ether oxygens (including phenoxy) is 1. The van der Waals surface area contributed by atoms with Gasteiger partial charge in [0.25, 0.3) is 0 Å². The fourth-order valence-electron chi connectivity index (χ4n) is 4.00. The van der Waals surface area contributed by atoms with Gasteiger partial charge in [-0.3, -0.25) is 0 Å². The highest BCUT2D eigenvalue weighted by Gasteiger charge is 2.25. The molecule has 0 atom stereocenters. The average molecular weight is 461 g/mol. The summed E-state index contributed by atoms with van der Waals surface area (Å²) in [5.74, 6) is 1.84. The number of hydrogen-bond acceptors (Lipinski definition) is 7. The maximum Gasteiger partial charge on any atom is 0.321 e. The van der Waals surface area contributed by atoms with Crippen LogP contribution < -0.4 is 20.7 Å². The van der Waals surface area contributed by atoms with Crippen LogP contribution in [-0.2, 0) is 0 Å². The van der Waals surface area contributed by atoms with Crippen LogP contribution in [0, 0.1) is 0 Å². The van der Waals surface area contributed by atoms with Crippen molar-refractivity contribution in [3.05, 3.63) is 60.0 Å². The summed E-state index contributed by atoms with van der Waals surface area (Å²) in [6.45, 7) is 2.48. The molecule has 0 unspecified atom stereocenters. The fourth-order valence-corrected chi connectivity index (χ4v) is 4.95. The number of hydrogen-bond donors (Lipinski definition) is 2. The number of methoxy groups -OCH3 is 1. The number of fused-ring (bicyclic) bond motifs is 1. The quantitative estimate of drug-likeness (QED) is 0.471. The molecule has 1 saturated heterocycles. The Labute approximate surface area is 195 Å². The number of nitrogens with zero attached hydrogens (tertiary/aromatic N) is 4. The van der Waals surface area contributed by atoms with Gasteiger partial charge in [0.1, 0.15) is 16.4 Å². The van der Waals surface area contributed by atoms with E-state index in [2.05, 4.69) is 37.7 Å². The molecule has 3 heterocycles. The lowest BCUT2D eigenvalue weighted by Crippen LogP contribution is -2.50. The molecule has 33 heavy (non-hydrogen) atoms. The van der Waals surface area contributed by atoms with Crippen LogP contribution in [0.5, 0.6) is 5.75 Å². The highest BCUT2D eigenvalue weighted by Crippen LogP contribution is 2.38. The Hall–Kier alpha value is -3.85. The van der Waals surface area contributed by atoms with Crippen molar-refractivity contribution in [3.63, 3.8) is 0 Å². The van der Waals surface area contributed by atoms with E-state index in [-0.39, 0.29) is 12.0 Å². The summed E-state index contributed by atoms with van der Waals surface area (Å²) in [6.07, 6.45) is 0. The van der Waals surface area contributed by atoms with E-state index in [0.29, 0.717) is 26.2 Å². The maximum atomic E-state index is 12.8. The van der Waals surface area contributed by atoms with Crippen molar-refractivity contribution in [3.8, 4) is 16.9 Å². The van der Waals surface area contributed by atoms with Crippen LogP contribution >= 0.6 is 11.3 Å². The van der Waals surface area contributed by atoms with Crippen molar-refractivity contribution in [2.24, 2.45) is 0 Å². The van der Waals surface area contributed by atoms with Crippen molar-refractivity contribution in [1.29, 1.82) is 0 Å². The SMILES string of the molecule is COc1ccc(NC(=O)N2CCN(c3nc(N)nc4scc(-c5ccccc5)c34)CC2)cc1. The van der Waals surface area contributed by atoms with Gasteiger partial charge in [-0.05, 0) is 29.8 Å². The second kappa shape index (κ2) is 8.95. The van der Waals surface area contributed by atoms with Gasteiger partial charge in [-0.1, -0.05) is 30.3 Å². The average Bonchev–Trinajstić information content (AvgIpc) is 3.28. The number of nitrogens with two attached hydrogens (primary N) is 1. The summed E-state index contributed by atoms with van der Waals surface area (Å²) in [7, 11) is 1.62. The lowest BCUT2D eigenvalue weighted by atomic mass is 10.1. The topological polar surface area (TPSA) is 96.6 Å². The first-order valence-corrected chi connectivity index (χ1v) is 11.6. The number of rotatable bonds is 4. The van der Waals surface area contributed by atoms with Gasteiger partial charge in [0.2, 0.25) is 5.95 Å². The van der Waals surface area contributed by atoms with Crippen molar-refractivity contribution >= 4 is 45.0 Å². The molecule has 0 spiro atoms. The van der Waals surface area contributed by atoms with Gasteiger partial charge < -0.3 is 25.6 Å². The van der Waals surface area contributed by atoms with E-state index in [4.69, 9.17) is 10.5 Å². The smallest absolute Gasteiger partial charge is 0.321 e. The number of amides is 2. The summed E-state index contributed by atoms with van der Waals surface area (Å²) < 4.78 is 5.17. The second-order valence-electron chi connectivity index (χ2n) is 7.73. The normalized spacial score (nSPS) is 13.8. The van der Waals surface area contributed by atoms with Gasteiger partial charge in [-0.25, -0.2) is 9.78 Å². The molecular weight excluding hydrogens is 436 g/mol. The van der Waals surface area contributed by atoms with Gasteiger partial charge in [0, 0.05) is 42.8 Å². The molecular formula is C24H24N6O2S. The summed E-state index contributed by atoms with van der Waals surface area (Å²) in [5.41, 5.74) is 8.99. The minimum atomic E-state index is -0.118. The number of benzene rings is 2. The van der Waals surface area contributed by atoms with E-state index < -0.39 is 0 Å². The molecule has 4 aromatic rings. The van der Waals surface area contributed by atoms with Gasteiger partial charge in [0.05, 0.1) is 12.5 Å².